The number of amides is 2. The Bertz CT molecular complexity index is 1950. The molecule has 0 aromatic carbocycles. The predicted octanol–water partition coefficient (Wildman–Crippen LogP) is 9.24. The second-order valence-corrected chi connectivity index (χ2v) is 28.6. The molecule has 0 bridgehead atoms. The minimum atomic E-state index is -3.08. The molecule has 97 heavy (non-hydrogen) atoms. The van der Waals surface area contributed by atoms with Gasteiger partial charge in [-0.3, -0.25) is 9.59 Å². The number of hydrogen-bond donors (Lipinski definition) is 14. The number of carboxylic acid groups (broad SMARTS) is 1. The summed E-state index contributed by atoms with van der Waals surface area (Å²) in [5, 5.41) is 136. The highest BCUT2D eigenvalue weighted by Gasteiger charge is 2.60. The van der Waals surface area contributed by atoms with Gasteiger partial charge in [0.25, 0.3) is 5.79 Å². The lowest BCUT2D eigenvalue weighted by atomic mass is 9.88. The molecule has 0 radical (unpaired) electrons. The van der Waals surface area contributed by atoms with Gasteiger partial charge >= 0.3 is 5.97 Å². The molecule has 3 rings (SSSR count). The number of rotatable bonds is 61. The fourth-order valence-electron chi connectivity index (χ4n) is 13.9. The van der Waals surface area contributed by atoms with E-state index < -0.39 is 148 Å². The van der Waals surface area contributed by atoms with E-state index in [1.54, 1.807) is 0 Å². The second kappa shape index (κ2) is 54.4. The first-order valence-electron chi connectivity index (χ1n) is 38.9. The average molecular weight is 1390 g/mol. The van der Waals surface area contributed by atoms with Gasteiger partial charge in [0.1, 0.15) is 67.1 Å². The van der Waals surface area contributed by atoms with Crippen molar-refractivity contribution in [2.75, 3.05) is 26.4 Å². The number of carbonyl (C=O) groups is 3. The van der Waals surface area contributed by atoms with Crippen LogP contribution in [0, 0.1) is 0 Å². The molecule has 0 aromatic rings. The van der Waals surface area contributed by atoms with Crippen molar-refractivity contribution in [3.8, 4) is 0 Å². The summed E-state index contributed by atoms with van der Waals surface area (Å²) >= 11 is 0. The van der Waals surface area contributed by atoms with Crippen LogP contribution in [0.4, 0.5) is 0 Å². The molecular weight excluding hydrogens is 1250 g/mol. The summed E-state index contributed by atoms with van der Waals surface area (Å²) in [7, 11) is 0. The maximum atomic E-state index is 13.5. The van der Waals surface area contributed by atoms with E-state index >= 15 is 0 Å². The predicted molar refractivity (Wildman–Crippen MR) is 371 cm³/mol. The van der Waals surface area contributed by atoms with E-state index in [2.05, 4.69) is 24.5 Å². The molecule has 3 aliphatic rings. The lowest BCUT2D eigenvalue weighted by molar-refractivity contribution is -0.386. The zero-order valence-corrected chi connectivity index (χ0v) is 60.2. The van der Waals surface area contributed by atoms with Gasteiger partial charge in [0.05, 0.1) is 50.7 Å². The molecule has 3 fully saturated rings. The van der Waals surface area contributed by atoms with Gasteiger partial charge in [-0.25, -0.2) is 4.79 Å². The monoisotopic (exact) mass is 1390 g/mol. The fourth-order valence-corrected chi connectivity index (χ4v) is 13.9. The maximum Gasteiger partial charge on any atom is 0.364 e. The molecule has 0 spiro atoms. The quantitative estimate of drug-likeness (QED) is 0.0252. The van der Waals surface area contributed by atoms with E-state index in [-0.39, 0.29) is 18.9 Å². The van der Waals surface area contributed by atoms with Gasteiger partial charge in [-0.15, -0.1) is 0 Å². The molecule has 14 N–H and O–H groups in total. The van der Waals surface area contributed by atoms with Crippen LogP contribution in [0.2, 0.25) is 0 Å². The minimum Gasteiger partial charge on any atom is -0.477 e. The van der Waals surface area contributed by atoms with E-state index in [4.69, 9.17) is 28.4 Å². The van der Waals surface area contributed by atoms with Crippen LogP contribution in [0.15, 0.2) is 0 Å². The van der Waals surface area contributed by atoms with E-state index in [1.807, 2.05) is 0 Å². The summed E-state index contributed by atoms with van der Waals surface area (Å²) in [6, 6.07) is -2.52. The second-order valence-electron chi connectivity index (χ2n) is 28.6. The van der Waals surface area contributed by atoms with Crippen LogP contribution in [0.25, 0.3) is 0 Å². The van der Waals surface area contributed by atoms with Crippen LogP contribution in [0.5, 0.6) is 0 Å². The lowest BCUT2D eigenvalue weighted by Gasteiger charge is -2.50. The summed E-state index contributed by atoms with van der Waals surface area (Å²) in [6.07, 6.45) is 25.6. The summed E-state index contributed by atoms with van der Waals surface area (Å²) in [4.78, 5) is 38.6. The number of ether oxygens (including phenoxy) is 6. The fraction of sp³-hybridized carbons (Fsp3) is 0.959. The van der Waals surface area contributed by atoms with Gasteiger partial charge in [0.15, 0.2) is 12.6 Å². The first-order valence-corrected chi connectivity index (χ1v) is 38.9. The SMILES string of the molecule is CCCCCCCCCCCCCCCCCCCCCCCCCCCCCCCCCC(=O)NC(COC1OC(CO)C(OC2OC(CO)C(O)C(OC3(C(=O)O)CC(O)C(NC(C)=O)C(C(O)C(O)CO)O3)C2O)C(O)C1O)C(O)CCCCCCCCCCCCCC. The Morgan fingerprint density at radius 1 is 0.495 bits per heavy atom. The number of aliphatic hydroxyl groups excluding tert-OH is 11. The highest BCUT2D eigenvalue weighted by atomic mass is 16.8. The van der Waals surface area contributed by atoms with Gasteiger partial charge in [0.2, 0.25) is 11.8 Å². The van der Waals surface area contributed by atoms with Crippen molar-refractivity contribution < 1.29 is 104 Å². The van der Waals surface area contributed by atoms with Crippen LogP contribution in [-0.4, -0.2) is 215 Å². The van der Waals surface area contributed by atoms with Crippen molar-refractivity contribution in [1.29, 1.82) is 0 Å². The Balaban J connectivity index is 1.45. The topological polar surface area (TPSA) is 373 Å². The van der Waals surface area contributed by atoms with Crippen molar-refractivity contribution in [1.82, 2.24) is 10.6 Å². The highest BCUT2D eigenvalue weighted by Crippen LogP contribution is 2.39. The number of carbonyl (C=O) groups excluding carboxylic acids is 2. The lowest BCUT2D eigenvalue weighted by Crippen LogP contribution is -2.70. The molecule has 3 heterocycles. The third kappa shape index (κ3) is 35.7. The van der Waals surface area contributed by atoms with E-state index in [9.17, 15) is 75.7 Å². The zero-order chi connectivity index (χ0) is 71.1. The van der Waals surface area contributed by atoms with Crippen LogP contribution in [0.1, 0.15) is 316 Å². The van der Waals surface area contributed by atoms with E-state index in [0.717, 1.165) is 51.9 Å². The molecule has 0 aromatic heterocycles. The molecule has 23 heteroatoms. The minimum absolute atomic E-state index is 0.229. The van der Waals surface area contributed by atoms with Gasteiger partial charge in [0, 0.05) is 19.8 Å². The van der Waals surface area contributed by atoms with E-state index in [1.165, 1.54) is 218 Å². The molecule has 18 atom stereocenters. The Morgan fingerprint density at radius 2 is 0.897 bits per heavy atom. The first-order chi connectivity index (χ1) is 46.9. The van der Waals surface area contributed by atoms with E-state index in [0.29, 0.717) is 19.3 Å². The number of unbranched alkanes of at least 4 members (excludes halogenated alkanes) is 41. The van der Waals surface area contributed by atoms with Gasteiger partial charge in [-0.2, -0.15) is 0 Å². The number of carboxylic acids is 1. The number of hydrogen-bond acceptors (Lipinski definition) is 20. The molecule has 3 saturated heterocycles. The van der Waals surface area contributed by atoms with Gasteiger partial charge in [-0.05, 0) is 12.8 Å². The van der Waals surface area contributed by atoms with Gasteiger partial charge < -0.3 is 100 Å². The van der Waals surface area contributed by atoms with Crippen molar-refractivity contribution in [3.05, 3.63) is 0 Å². The maximum absolute atomic E-state index is 13.5. The van der Waals surface area contributed by atoms with Crippen LogP contribution < -0.4 is 10.6 Å². The largest absolute Gasteiger partial charge is 0.477 e. The summed E-state index contributed by atoms with van der Waals surface area (Å²) in [6.45, 7) is 2.23. The average Bonchev–Trinajstić information content (AvgIpc) is 0.757. The smallest absolute Gasteiger partial charge is 0.364 e. The Hall–Kier alpha value is -2.27. The van der Waals surface area contributed by atoms with Crippen LogP contribution in [-0.2, 0) is 42.8 Å². The molecule has 0 aliphatic carbocycles. The number of aliphatic hydroxyl groups is 11. The molecule has 2 amide bonds. The molecule has 23 nitrogen and oxygen atoms in total. The van der Waals surface area contributed by atoms with Crippen molar-refractivity contribution in [3.63, 3.8) is 0 Å². The third-order valence-corrected chi connectivity index (χ3v) is 20.1. The Kier molecular flexibility index (Phi) is 49.9. The molecule has 18 unspecified atom stereocenters. The van der Waals surface area contributed by atoms with Crippen molar-refractivity contribution in [2.45, 2.75) is 426 Å². The first kappa shape index (κ1) is 88.9. The number of aliphatic carboxylic acids is 1. The third-order valence-electron chi connectivity index (χ3n) is 20.1. The molecule has 3 aliphatic heterocycles. The molecular formula is C74H140N2O21. The number of nitrogens with one attached hydrogen (secondary N) is 2. The summed E-state index contributed by atoms with van der Waals surface area (Å²) in [5.74, 6) is -6.09. The Labute approximate surface area is 582 Å². The Morgan fingerprint density at radius 3 is 1.29 bits per heavy atom. The van der Waals surface area contributed by atoms with Crippen molar-refractivity contribution >= 4 is 17.8 Å². The zero-order valence-electron chi connectivity index (χ0n) is 60.2. The normalized spacial score (nSPS) is 27.3. The highest BCUT2D eigenvalue weighted by molar-refractivity contribution is 5.77. The summed E-state index contributed by atoms with van der Waals surface area (Å²) < 4.78 is 34.9. The molecule has 572 valence electrons. The summed E-state index contributed by atoms with van der Waals surface area (Å²) in [5.41, 5.74) is 0. The van der Waals surface area contributed by atoms with Crippen LogP contribution >= 0.6 is 0 Å². The standard InChI is InChI=1S/C74H140N2O21/c1-4-6-8-10-12-14-16-18-19-20-21-22-23-24-25-26-27-28-29-30-31-32-33-34-35-36-38-40-42-44-46-48-61(84)76-55(56(81)47-45-43-41-39-37-17-15-13-11-9-7-5-2)53-92-71-66(88)65(87)68(60(52-79)94-71)95-72-67(89)70(64(86)59(51-78)93-72)97-74(73(90)91)49-57(82)62(75-54(3)80)69(96-74)63(85)58(83)50-77/h55-60,62-72,77-79,81-83,85-89H,4-53H2,1-3H3,(H,75,80)(H,76,84)(H,90,91). The molecule has 0 saturated carbocycles. The van der Waals surface area contributed by atoms with Crippen LogP contribution in [0.3, 0.4) is 0 Å². The van der Waals surface area contributed by atoms with Gasteiger partial charge in [-0.1, -0.05) is 284 Å². The van der Waals surface area contributed by atoms with Crippen molar-refractivity contribution in [2.24, 2.45) is 0 Å².